The zero-order valence-corrected chi connectivity index (χ0v) is 22.7. The van der Waals surface area contributed by atoms with Gasteiger partial charge in [-0.25, -0.2) is 9.59 Å². The summed E-state index contributed by atoms with van der Waals surface area (Å²) in [5.74, 6) is -2.51. The molecule has 206 valence electrons. The molecule has 1 aromatic carbocycles. The van der Waals surface area contributed by atoms with Crippen LogP contribution >= 0.6 is 23.1 Å². The number of fused-ring (bicyclic) bond motifs is 1. The van der Waals surface area contributed by atoms with Crippen LogP contribution in [0, 0.1) is 16.0 Å². The van der Waals surface area contributed by atoms with E-state index in [1.807, 2.05) is 0 Å². The van der Waals surface area contributed by atoms with Gasteiger partial charge in [-0.2, -0.15) is 0 Å². The van der Waals surface area contributed by atoms with E-state index in [1.54, 1.807) is 38.4 Å². The summed E-state index contributed by atoms with van der Waals surface area (Å²) in [6.07, 6.45) is 2.50. The number of carboxylic acids is 1. The lowest BCUT2D eigenvalue weighted by atomic mass is 9.76. The lowest BCUT2D eigenvalue weighted by Gasteiger charge is -2.49. The first-order valence-electron chi connectivity index (χ1n) is 11.9. The van der Waals surface area contributed by atoms with Crippen molar-refractivity contribution in [2.24, 2.45) is 5.92 Å². The Bertz CT molecular complexity index is 1520. The van der Waals surface area contributed by atoms with Gasteiger partial charge in [0.1, 0.15) is 22.9 Å². The lowest BCUT2D eigenvalue weighted by molar-refractivity contribution is -0.384. The van der Waals surface area contributed by atoms with E-state index < -0.39 is 40.5 Å². The monoisotopic (exact) mass is 583 g/mol. The van der Waals surface area contributed by atoms with Crippen molar-refractivity contribution in [2.75, 3.05) is 0 Å². The average molecular weight is 584 g/mol. The SMILES string of the molecule is CC(C)(OC(=O)OCc1ccc([N+](=O)[O-])cc1)[C@@H]1C(=O)N2C(C(=O)O)=C(Sc3nnc(-c4ccncc4)s3)C[C@H]12. The fourth-order valence-corrected chi connectivity index (χ4v) is 6.77. The van der Waals surface area contributed by atoms with Crippen molar-refractivity contribution in [3.8, 4) is 10.6 Å². The zero-order valence-electron chi connectivity index (χ0n) is 21.0. The molecule has 2 atom stereocenters. The second kappa shape index (κ2) is 10.7. The van der Waals surface area contributed by atoms with Crippen molar-refractivity contribution < 1.29 is 33.9 Å². The number of hydrogen-bond acceptors (Lipinski definition) is 12. The van der Waals surface area contributed by atoms with Crippen molar-refractivity contribution in [1.82, 2.24) is 20.1 Å². The van der Waals surface area contributed by atoms with Crippen LogP contribution in [0.4, 0.5) is 10.5 Å². The molecule has 0 radical (unpaired) electrons. The number of amides is 1. The molecule has 0 bridgehead atoms. The Balaban J connectivity index is 1.24. The van der Waals surface area contributed by atoms with E-state index in [2.05, 4.69) is 15.2 Å². The van der Waals surface area contributed by atoms with Crippen LogP contribution in [-0.2, 0) is 25.7 Å². The molecule has 2 aliphatic rings. The largest absolute Gasteiger partial charge is 0.509 e. The van der Waals surface area contributed by atoms with Crippen LogP contribution in [0.3, 0.4) is 0 Å². The number of rotatable bonds is 9. The molecule has 1 fully saturated rings. The molecule has 0 spiro atoms. The highest BCUT2D eigenvalue weighted by atomic mass is 32.2. The minimum Gasteiger partial charge on any atom is -0.477 e. The topological polar surface area (TPSA) is 175 Å². The molecule has 15 heteroatoms. The van der Waals surface area contributed by atoms with Gasteiger partial charge < -0.3 is 19.5 Å². The number of carboxylic acid groups (broad SMARTS) is 1. The van der Waals surface area contributed by atoms with Crippen molar-refractivity contribution >= 4 is 46.8 Å². The number of nitro groups is 1. The number of nitro benzene ring substituents is 1. The third-order valence-corrected chi connectivity index (χ3v) is 8.60. The second-order valence-electron chi connectivity index (χ2n) is 9.41. The minimum absolute atomic E-state index is 0.0933. The molecule has 3 aromatic rings. The smallest absolute Gasteiger partial charge is 0.477 e. The molecule has 1 N–H and O–H groups in total. The van der Waals surface area contributed by atoms with Crippen LogP contribution in [0.5, 0.6) is 0 Å². The molecule has 2 aliphatic heterocycles. The molecular formula is C25H21N5O8S2. The zero-order chi connectivity index (χ0) is 28.6. The molecule has 0 aliphatic carbocycles. The number of non-ortho nitro benzene ring substituents is 1. The van der Waals surface area contributed by atoms with Crippen molar-refractivity contribution in [1.29, 1.82) is 0 Å². The molecule has 0 unspecified atom stereocenters. The third-order valence-electron chi connectivity index (χ3n) is 6.47. The Morgan fingerprint density at radius 1 is 1.20 bits per heavy atom. The Morgan fingerprint density at radius 3 is 2.55 bits per heavy atom. The van der Waals surface area contributed by atoms with Gasteiger partial charge in [0, 0.05) is 41.4 Å². The predicted octanol–water partition coefficient (Wildman–Crippen LogP) is 4.26. The second-order valence-corrected chi connectivity index (χ2v) is 11.7. The number of nitrogens with zero attached hydrogens (tertiary/aromatic N) is 5. The minimum atomic E-state index is -1.30. The number of aliphatic carboxylic acids is 1. The average Bonchev–Trinajstić information content (AvgIpc) is 3.50. The fourth-order valence-electron chi connectivity index (χ4n) is 4.66. The van der Waals surface area contributed by atoms with Crippen molar-refractivity contribution in [3.63, 3.8) is 0 Å². The summed E-state index contributed by atoms with van der Waals surface area (Å²) in [4.78, 5) is 53.6. The van der Waals surface area contributed by atoms with Crippen LogP contribution < -0.4 is 0 Å². The van der Waals surface area contributed by atoms with E-state index in [-0.39, 0.29) is 24.4 Å². The molecular weight excluding hydrogens is 562 g/mol. The number of carbonyl (C=O) groups excluding carboxylic acids is 2. The molecule has 1 amide bonds. The number of benzene rings is 1. The summed E-state index contributed by atoms with van der Waals surface area (Å²) in [5.41, 5.74) is -0.164. The Hall–Kier alpha value is -4.37. The molecule has 5 rings (SSSR count). The third kappa shape index (κ3) is 5.24. The maximum absolute atomic E-state index is 13.1. The maximum Gasteiger partial charge on any atom is 0.509 e. The first-order chi connectivity index (χ1) is 19.0. The summed E-state index contributed by atoms with van der Waals surface area (Å²) >= 11 is 2.44. The normalized spacial score (nSPS) is 18.2. The number of pyridine rings is 1. The molecule has 2 aromatic heterocycles. The summed E-state index contributed by atoms with van der Waals surface area (Å²) in [5, 5.41) is 29.7. The van der Waals surface area contributed by atoms with E-state index in [1.165, 1.54) is 40.5 Å². The number of β-lactam (4-membered cyclic amide) rings is 1. The van der Waals surface area contributed by atoms with Gasteiger partial charge in [-0.05, 0) is 43.7 Å². The predicted molar refractivity (Wildman–Crippen MR) is 141 cm³/mol. The van der Waals surface area contributed by atoms with E-state index in [0.717, 1.165) is 17.3 Å². The molecule has 4 heterocycles. The Kier molecular flexibility index (Phi) is 7.25. The Labute approximate surface area is 235 Å². The van der Waals surface area contributed by atoms with Gasteiger partial charge in [0.25, 0.3) is 5.69 Å². The summed E-state index contributed by atoms with van der Waals surface area (Å²) in [7, 11) is 0. The van der Waals surface area contributed by atoms with Gasteiger partial charge in [-0.1, -0.05) is 23.1 Å². The van der Waals surface area contributed by atoms with Crippen LogP contribution in [-0.4, -0.2) is 59.8 Å². The van der Waals surface area contributed by atoms with E-state index in [9.17, 15) is 29.6 Å². The van der Waals surface area contributed by atoms with Gasteiger partial charge in [-0.15, -0.1) is 10.2 Å². The maximum atomic E-state index is 13.1. The first kappa shape index (κ1) is 27.2. The van der Waals surface area contributed by atoms with Gasteiger partial charge in [-0.3, -0.25) is 19.9 Å². The van der Waals surface area contributed by atoms with E-state index in [0.29, 0.717) is 19.8 Å². The van der Waals surface area contributed by atoms with Crippen LogP contribution in [0.25, 0.3) is 10.6 Å². The number of carbonyl (C=O) groups is 3. The number of thioether (sulfide) groups is 1. The standard InChI is InChI=1S/C25H21N5O8S2/c1-25(2,38-24(34)37-12-13-3-5-15(6-4-13)30(35)36)18-16-11-17(19(22(32)33)29(16)21(18)31)39-23-28-27-20(40-23)14-7-9-26-10-8-14/h3-10,16,18H,11-12H2,1-2H3,(H,32,33)/t16-,18+/m1/s1. The van der Waals surface area contributed by atoms with Crippen LogP contribution in [0.1, 0.15) is 25.8 Å². The Morgan fingerprint density at radius 2 is 1.90 bits per heavy atom. The van der Waals surface area contributed by atoms with E-state index >= 15 is 0 Å². The molecule has 1 saturated heterocycles. The van der Waals surface area contributed by atoms with Crippen molar-refractivity contribution in [3.05, 3.63) is 75.1 Å². The van der Waals surface area contributed by atoms with Gasteiger partial charge in [0.2, 0.25) is 5.91 Å². The van der Waals surface area contributed by atoms with Gasteiger partial charge >= 0.3 is 12.1 Å². The highest BCUT2D eigenvalue weighted by Crippen LogP contribution is 2.51. The number of ether oxygens (including phenoxy) is 2. The quantitative estimate of drug-likeness (QED) is 0.164. The number of aromatic nitrogens is 3. The van der Waals surface area contributed by atoms with Crippen LogP contribution in [0.15, 0.2) is 63.7 Å². The van der Waals surface area contributed by atoms with Gasteiger partial charge in [0.05, 0.1) is 16.9 Å². The van der Waals surface area contributed by atoms with Gasteiger partial charge in [0.15, 0.2) is 4.34 Å². The fraction of sp³-hybridized carbons (Fsp3) is 0.280. The van der Waals surface area contributed by atoms with Crippen molar-refractivity contribution in [2.45, 2.75) is 42.9 Å². The molecule has 0 saturated carbocycles. The summed E-state index contributed by atoms with van der Waals surface area (Å²) in [6.45, 7) is 2.95. The molecule has 40 heavy (non-hydrogen) atoms. The summed E-state index contributed by atoms with van der Waals surface area (Å²) in [6, 6.07) is 8.56. The van der Waals surface area contributed by atoms with Crippen LogP contribution in [0.2, 0.25) is 0 Å². The summed E-state index contributed by atoms with van der Waals surface area (Å²) < 4.78 is 11.2. The number of hydrogen-bond donors (Lipinski definition) is 1. The molecule has 13 nitrogen and oxygen atoms in total. The van der Waals surface area contributed by atoms with E-state index in [4.69, 9.17) is 9.47 Å². The lowest BCUT2D eigenvalue weighted by Crippen LogP contribution is -2.66. The highest BCUT2D eigenvalue weighted by Gasteiger charge is 2.61. The highest BCUT2D eigenvalue weighted by molar-refractivity contribution is 8.04. The first-order valence-corrected chi connectivity index (χ1v) is 13.5.